The molecule has 0 spiro atoms. The van der Waals surface area contributed by atoms with E-state index in [9.17, 15) is 8.42 Å². The summed E-state index contributed by atoms with van der Waals surface area (Å²) < 4.78 is 49.4. The molecule has 2 aliphatic heterocycles. The minimum atomic E-state index is -3.39. The second kappa shape index (κ2) is 6.71. The highest BCUT2D eigenvalue weighted by Gasteiger charge is 2.52. The van der Waals surface area contributed by atoms with Crippen molar-refractivity contribution in [3.63, 3.8) is 0 Å². The van der Waals surface area contributed by atoms with Gasteiger partial charge in [-0.2, -0.15) is 0 Å². The summed E-state index contributed by atoms with van der Waals surface area (Å²) in [5, 5.41) is 0. The van der Waals surface area contributed by atoms with Crippen LogP contribution >= 0.6 is 0 Å². The first kappa shape index (κ1) is 19.5. The van der Waals surface area contributed by atoms with E-state index in [1.54, 1.807) is 18.2 Å². The van der Waals surface area contributed by atoms with Crippen LogP contribution in [0.2, 0.25) is 0 Å². The van der Waals surface area contributed by atoms with E-state index in [1.165, 1.54) is 0 Å². The number of anilines is 1. The molecule has 2 fully saturated rings. The van der Waals surface area contributed by atoms with Crippen LogP contribution in [0.15, 0.2) is 18.2 Å². The third kappa shape index (κ3) is 4.16. The summed E-state index contributed by atoms with van der Waals surface area (Å²) in [6, 6.07) is 5.11. The van der Waals surface area contributed by atoms with Gasteiger partial charge in [0.1, 0.15) is 11.9 Å². The van der Waals surface area contributed by atoms with Crippen LogP contribution in [0.3, 0.4) is 0 Å². The molecule has 26 heavy (non-hydrogen) atoms. The summed E-state index contributed by atoms with van der Waals surface area (Å²) in [7, 11) is -4.04. The molecule has 1 aromatic carbocycles. The molecule has 9 heteroatoms. The lowest BCUT2D eigenvalue weighted by Crippen LogP contribution is -2.41. The van der Waals surface area contributed by atoms with Gasteiger partial charge < -0.3 is 18.8 Å². The van der Waals surface area contributed by atoms with Gasteiger partial charge in [0.05, 0.1) is 30.7 Å². The van der Waals surface area contributed by atoms with Crippen molar-refractivity contribution in [1.82, 2.24) is 0 Å². The quantitative estimate of drug-likeness (QED) is 0.777. The SMILES string of the molecule is CC1(C)OB(c2cc(NS(C)(=O)=O)ccc2OC2CCOC2)OC1(C)C. The summed E-state index contributed by atoms with van der Waals surface area (Å²) >= 11 is 0. The number of ether oxygens (including phenoxy) is 2. The van der Waals surface area contributed by atoms with Gasteiger partial charge in [0.25, 0.3) is 0 Å². The largest absolute Gasteiger partial charge is 0.498 e. The molecule has 144 valence electrons. The maximum absolute atomic E-state index is 11.6. The van der Waals surface area contributed by atoms with Gasteiger partial charge in [-0.25, -0.2) is 8.42 Å². The molecule has 2 heterocycles. The van der Waals surface area contributed by atoms with Gasteiger partial charge in [-0.15, -0.1) is 0 Å². The fourth-order valence-electron chi connectivity index (χ4n) is 2.87. The normalized spacial score (nSPS) is 24.7. The third-order valence-corrected chi connectivity index (χ3v) is 5.61. The topological polar surface area (TPSA) is 83.1 Å². The molecule has 0 saturated carbocycles. The smallest absolute Gasteiger partial charge is 0.488 e. The standard InChI is InChI=1S/C17H26BNO6S/c1-16(2)17(3,4)25-18(24-16)14-10-12(19-26(5,20)21)6-7-15(14)23-13-8-9-22-11-13/h6-7,10,13,19H,8-9,11H2,1-5H3. The van der Waals surface area contributed by atoms with E-state index in [2.05, 4.69) is 4.72 Å². The van der Waals surface area contributed by atoms with Crippen LogP contribution in [0, 0.1) is 0 Å². The summed E-state index contributed by atoms with van der Waals surface area (Å²) in [5.74, 6) is 0.609. The predicted octanol–water partition coefficient (Wildman–Crippen LogP) is 1.52. The van der Waals surface area contributed by atoms with E-state index in [0.29, 0.717) is 30.1 Å². The lowest BCUT2D eigenvalue weighted by Gasteiger charge is -2.32. The van der Waals surface area contributed by atoms with Gasteiger partial charge in [0.2, 0.25) is 10.0 Å². The number of rotatable bonds is 5. The molecule has 7 nitrogen and oxygen atoms in total. The minimum Gasteiger partial charge on any atom is -0.488 e. The van der Waals surface area contributed by atoms with E-state index in [1.807, 2.05) is 27.7 Å². The average Bonchev–Trinajstić information content (AvgIpc) is 3.05. The van der Waals surface area contributed by atoms with E-state index < -0.39 is 28.3 Å². The molecular formula is C17H26BNO6S. The Morgan fingerprint density at radius 3 is 2.38 bits per heavy atom. The number of benzene rings is 1. The Hall–Kier alpha value is -1.29. The van der Waals surface area contributed by atoms with E-state index in [4.69, 9.17) is 18.8 Å². The molecule has 1 atom stereocenters. The Morgan fingerprint density at radius 2 is 1.85 bits per heavy atom. The Labute approximate surface area is 155 Å². The van der Waals surface area contributed by atoms with Crippen LogP contribution in [0.1, 0.15) is 34.1 Å². The van der Waals surface area contributed by atoms with Crippen molar-refractivity contribution in [2.45, 2.75) is 51.4 Å². The van der Waals surface area contributed by atoms with Crippen LogP contribution < -0.4 is 14.9 Å². The fraction of sp³-hybridized carbons (Fsp3) is 0.647. The number of hydrogen-bond donors (Lipinski definition) is 1. The molecule has 1 aromatic rings. The predicted molar refractivity (Wildman–Crippen MR) is 100 cm³/mol. The van der Waals surface area contributed by atoms with Crippen molar-refractivity contribution >= 4 is 28.3 Å². The van der Waals surface area contributed by atoms with E-state index in [-0.39, 0.29) is 6.10 Å². The summed E-state index contributed by atoms with van der Waals surface area (Å²) in [5.41, 5.74) is 0.0774. The van der Waals surface area contributed by atoms with Crippen LogP contribution in [0.5, 0.6) is 5.75 Å². The first-order valence-electron chi connectivity index (χ1n) is 8.69. The van der Waals surface area contributed by atoms with Crippen LogP contribution in [0.4, 0.5) is 5.69 Å². The zero-order chi connectivity index (χ0) is 19.2. The van der Waals surface area contributed by atoms with E-state index >= 15 is 0 Å². The summed E-state index contributed by atoms with van der Waals surface area (Å²) in [4.78, 5) is 0. The Kier molecular flexibility index (Phi) is 5.02. The second-order valence-electron chi connectivity index (χ2n) is 7.82. The number of nitrogens with one attached hydrogen (secondary N) is 1. The van der Waals surface area contributed by atoms with Crippen LogP contribution in [0.25, 0.3) is 0 Å². The zero-order valence-corrected chi connectivity index (χ0v) is 16.7. The highest BCUT2D eigenvalue weighted by atomic mass is 32.2. The lowest BCUT2D eigenvalue weighted by molar-refractivity contribution is 0.00578. The van der Waals surface area contributed by atoms with Crippen LogP contribution in [-0.4, -0.2) is 52.3 Å². The van der Waals surface area contributed by atoms with Crippen molar-refractivity contribution in [2.75, 3.05) is 24.2 Å². The Balaban J connectivity index is 1.94. The molecule has 0 aromatic heterocycles. The first-order chi connectivity index (χ1) is 12.0. The lowest BCUT2D eigenvalue weighted by atomic mass is 9.78. The zero-order valence-electron chi connectivity index (χ0n) is 15.9. The summed E-state index contributed by atoms with van der Waals surface area (Å²) in [6.07, 6.45) is 1.89. The molecule has 1 N–H and O–H groups in total. The Morgan fingerprint density at radius 1 is 1.19 bits per heavy atom. The van der Waals surface area contributed by atoms with Crippen molar-refractivity contribution in [1.29, 1.82) is 0 Å². The fourth-order valence-corrected chi connectivity index (χ4v) is 3.43. The average molecular weight is 383 g/mol. The Bertz CT molecular complexity index is 757. The first-order valence-corrected chi connectivity index (χ1v) is 10.6. The third-order valence-electron chi connectivity index (χ3n) is 5.00. The molecule has 2 saturated heterocycles. The van der Waals surface area contributed by atoms with E-state index in [0.717, 1.165) is 12.7 Å². The van der Waals surface area contributed by atoms with Gasteiger partial charge in [-0.1, -0.05) is 0 Å². The maximum Gasteiger partial charge on any atom is 0.498 e. The second-order valence-corrected chi connectivity index (χ2v) is 9.57. The van der Waals surface area contributed by atoms with Crippen molar-refractivity contribution in [2.24, 2.45) is 0 Å². The number of sulfonamides is 1. The van der Waals surface area contributed by atoms with Crippen molar-refractivity contribution in [3.8, 4) is 5.75 Å². The molecule has 0 aliphatic carbocycles. The highest BCUT2D eigenvalue weighted by Crippen LogP contribution is 2.37. The van der Waals surface area contributed by atoms with Crippen molar-refractivity contribution in [3.05, 3.63) is 18.2 Å². The number of hydrogen-bond acceptors (Lipinski definition) is 6. The monoisotopic (exact) mass is 383 g/mol. The van der Waals surface area contributed by atoms with Gasteiger partial charge in [-0.3, -0.25) is 4.72 Å². The van der Waals surface area contributed by atoms with Crippen molar-refractivity contribution < 1.29 is 27.2 Å². The summed E-state index contributed by atoms with van der Waals surface area (Å²) in [6.45, 7) is 9.08. The van der Waals surface area contributed by atoms with Gasteiger partial charge in [0.15, 0.2) is 0 Å². The molecule has 0 amide bonds. The molecule has 0 bridgehead atoms. The highest BCUT2D eigenvalue weighted by molar-refractivity contribution is 7.92. The molecule has 0 radical (unpaired) electrons. The minimum absolute atomic E-state index is 0.0371. The molecule has 3 rings (SSSR count). The van der Waals surface area contributed by atoms with Gasteiger partial charge in [0, 0.05) is 17.6 Å². The molecular weight excluding hydrogens is 357 g/mol. The molecule has 1 unspecified atom stereocenters. The van der Waals surface area contributed by atoms with Gasteiger partial charge in [-0.05, 0) is 45.9 Å². The van der Waals surface area contributed by atoms with Gasteiger partial charge >= 0.3 is 7.12 Å². The molecule has 2 aliphatic rings. The van der Waals surface area contributed by atoms with Crippen LogP contribution in [-0.2, 0) is 24.1 Å². The maximum atomic E-state index is 11.6.